The standard InChI is InChI=1S/C22H29Cl2N4O6P/c1-11(2)33-35(29,34-12(3)4)30-8-7-22-9-13(22)15(16-17(22)32-21(5,6)31-16)28-10-25-14-18(23)26-20(24)27-19(14)28/h7-8,10-13,15-17H,9H2,1-6H3/b8-7+/t13-,15-,16+,17+,22+/m1/s1. The van der Waals surface area contributed by atoms with Gasteiger partial charge < -0.3 is 18.6 Å². The first-order valence-corrected chi connectivity index (χ1v) is 13.8. The summed E-state index contributed by atoms with van der Waals surface area (Å²) in [4.78, 5) is 12.8. The highest BCUT2D eigenvalue weighted by Crippen LogP contribution is 2.72. The van der Waals surface area contributed by atoms with E-state index >= 15 is 0 Å². The zero-order chi connectivity index (χ0) is 25.3. The van der Waals surface area contributed by atoms with Crippen LogP contribution in [0.25, 0.3) is 11.2 Å². The Morgan fingerprint density at radius 2 is 1.86 bits per heavy atom. The number of hydrogen-bond donors (Lipinski definition) is 0. The third-order valence-corrected chi connectivity index (χ3v) is 8.60. The van der Waals surface area contributed by atoms with Crippen LogP contribution < -0.4 is 0 Å². The van der Waals surface area contributed by atoms with E-state index in [1.807, 2.05) is 24.5 Å². The number of halogens is 2. The van der Waals surface area contributed by atoms with E-state index in [1.165, 1.54) is 6.26 Å². The molecule has 2 saturated carbocycles. The fraction of sp³-hybridized carbons (Fsp3) is 0.682. The first-order valence-electron chi connectivity index (χ1n) is 11.6. The van der Waals surface area contributed by atoms with Crippen molar-refractivity contribution in [1.29, 1.82) is 0 Å². The van der Waals surface area contributed by atoms with Gasteiger partial charge in [-0.15, -0.1) is 0 Å². The topological polar surface area (TPSA) is 107 Å². The van der Waals surface area contributed by atoms with Gasteiger partial charge in [-0.2, -0.15) is 4.98 Å². The highest BCUT2D eigenvalue weighted by atomic mass is 35.5. The van der Waals surface area contributed by atoms with E-state index in [1.54, 1.807) is 34.0 Å². The molecule has 192 valence electrons. The summed E-state index contributed by atoms with van der Waals surface area (Å²) in [6.07, 6.45) is 4.62. The number of phosphoric acid groups is 1. The monoisotopic (exact) mass is 546 g/mol. The van der Waals surface area contributed by atoms with Gasteiger partial charge in [-0.25, -0.2) is 14.5 Å². The summed E-state index contributed by atoms with van der Waals surface area (Å²) in [5.74, 6) is -0.643. The molecule has 0 amide bonds. The molecule has 3 aliphatic rings. The van der Waals surface area contributed by atoms with E-state index in [2.05, 4.69) is 15.0 Å². The van der Waals surface area contributed by atoms with Gasteiger partial charge in [0.15, 0.2) is 16.6 Å². The lowest BCUT2D eigenvalue weighted by molar-refractivity contribution is -0.159. The maximum absolute atomic E-state index is 13.1. The zero-order valence-electron chi connectivity index (χ0n) is 20.3. The lowest BCUT2D eigenvalue weighted by atomic mass is 9.99. The number of ether oxygens (including phenoxy) is 2. The van der Waals surface area contributed by atoms with Gasteiger partial charge in [-0.05, 0) is 71.6 Å². The molecule has 1 aliphatic heterocycles. The van der Waals surface area contributed by atoms with Crippen molar-refractivity contribution in [1.82, 2.24) is 19.5 Å². The van der Waals surface area contributed by atoms with Crippen molar-refractivity contribution in [3.05, 3.63) is 29.1 Å². The Labute approximate surface area is 213 Å². The van der Waals surface area contributed by atoms with Crippen LogP contribution >= 0.6 is 31.0 Å². The molecule has 5 atom stereocenters. The molecule has 2 aromatic heterocycles. The van der Waals surface area contributed by atoms with E-state index in [9.17, 15) is 4.57 Å². The zero-order valence-corrected chi connectivity index (χ0v) is 22.8. The number of phosphoric ester groups is 1. The molecule has 0 spiro atoms. The minimum Gasteiger partial charge on any atom is -0.412 e. The van der Waals surface area contributed by atoms with Crippen LogP contribution in [0, 0.1) is 11.3 Å². The van der Waals surface area contributed by atoms with Crippen molar-refractivity contribution in [2.75, 3.05) is 0 Å². The summed E-state index contributed by atoms with van der Waals surface area (Å²) in [7, 11) is -3.78. The highest BCUT2D eigenvalue weighted by molar-refractivity contribution is 7.48. The molecule has 0 bridgehead atoms. The average Bonchev–Trinajstić information content (AvgIpc) is 2.96. The Kier molecular flexibility index (Phi) is 6.28. The number of aromatic nitrogens is 4. The molecule has 2 aromatic rings. The second-order valence-electron chi connectivity index (χ2n) is 10.2. The Balaban J connectivity index is 1.46. The van der Waals surface area contributed by atoms with Crippen molar-refractivity contribution >= 4 is 42.2 Å². The van der Waals surface area contributed by atoms with Crippen LogP contribution in [0.4, 0.5) is 0 Å². The van der Waals surface area contributed by atoms with Gasteiger partial charge >= 0.3 is 7.82 Å². The van der Waals surface area contributed by atoms with Crippen molar-refractivity contribution in [2.24, 2.45) is 11.3 Å². The van der Waals surface area contributed by atoms with Gasteiger partial charge in [0.05, 0.1) is 36.9 Å². The molecule has 10 nitrogen and oxygen atoms in total. The van der Waals surface area contributed by atoms with Crippen LogP contribution in [0.3, 0.4) is 0 Å². The molecule has 2 aliphatic carbocycles. The predicted molar refractivity (Wildman–Crippen MR) is 129 cm³/mol. The largest absolute Gasteiger partial charge is 0.529 e. The molecule has 0 radical (unpaired) electrons. The molecule has 0 aromatic carbocycles. The summed E-state index contributed by atoms with van der Waals surface area (Å²) in [6, 6.07) is -0.135. The van der Waals surface area contributed by atoms with Gasteiger partial charge in [0, 0.05) is 5.41 Å². The Bertz CT molecular complexity index is 1210. The third kappa shape index (κ3) is 4.52. The fourth-order valence-electron chi connectivity index (χ4n) is 5.31. The van der Waals surface area contributed by atoms with Gasteiger partial charge in [0.1, 0.15) is 11.6 Å². The molecule has 13 heteroatoms. The van der Waals surface area contributed by atoms with Crippen molar-refractivity contribution in [3.63, 3.8) is 0 Å². The van der Waals surface area contributed by atoms with Crippen molar-refractivity contribution in [3.8, 4) is 0 Å². The van der Waals surface area contributed by atoms with E-state index in [-0.39, 0.29) is 52.2 Å². The lowest BCUT2D eigenvalue weighted by Crippen LogP contribution is -2.31. The molecule has 3 heterocycles. The molecular formula is C22H29Cl2N4O6P. The Morgan fingerprint density at radius 1 is 1.17 bits per heavy atom. The summed E-state index contributed by atoms with van der Waals surface area (Å²) >= 11 is 12.3. The van der Waals surface area contributed by atoms with E-state index in [0.717, 1.165) is 6.42 Å². The number of imidazole rings is 1. The summed E-state index contributed by atoms with van der Waals surface area (Å²) in [5, 5.41) is 0.239. The molecule has 0 unspecified atom stereocenters. The van der Waals surface area contributed by atoms with E-state index in [4.69, 9.17) is 46.2 Å². The number of rotatable bonds is 8. The highest BCUT2D eigenvalue weighted by Gasteiger charge is 2.75. The Morgan fingerprint density at radius 3 is 2.51 bits per heavy atom. The molecule has 35 heavy (non-hydrogen) atoms. The SMILES string of the molecule is CC(C)OP(=O)(O/C=C/[C@]12C[C@@H]1[C@@H](n1cnc3c(Cl)nc(Cl)nc31)[C@@H]1OC(C)(C)O[C@@H]12)OC(C)C. The number of fused-ring (bicyclic) bond motifs is 4. The minimum absolute atomic E-state index is 0.0455. The molecular weight excluding hydrogens is 518 g/mol. The maximum atomic E-state index is 13.1. The first-order chi connectivity index (χ1) is 16.3. The summed E-state index contributed by atoms with van der Waals surface area (Å²) in [6.45, 7) is 10.9. The smallest absolute Gasteiger partial charge is 0.412 e. The summed E-state index contributed by atoms with van der Waals surface area (Å²) < 4.78 is 44.3. The second kappa shape index (κ2) is 8.65. The summed E-state index contributed by atoms with van der Waals surface area (Å²) in [5.41, 5.74) is 0.622. The van der Waals surface area contributed by atoms with Crippen LogP contribution in [-0.4, -0.2) is 49.7 Å². The third-order valence-electron chi connectivity index (χ3n) is 6.43. The molecule has 3 fully saturated rings. The average molecular weight is 547 g/mol. The number of nitrogens with zero attached hydrogens (tertiary/aromatic N) is 4. The van der Waals surface area contributed by atoms with E-state index < -0.39 is 13.6 Å². The van der Waals surface area contributed by atoms with Crippen molar-refractivity contribution < 1.29 is 27.6 Å². The quantitative estimate of drug-likeness (QED) is 0.178. The van der Waals surface area contributed by atoms with Crippen LogP contribution in [0.1, 0.15) is 54.0 Å². The maximum Gasteiger partial charge on any atom is 0.529 e. The minimum atomic E-state index is -3.78. The fourth-order valence-corrected chi connectivity index (χ4v) is 7.12. The van der Waals surface area contributed by atoms with Crippen LogP contribution in [-0.2, 0) is 27.6 Å². The van der Waals surface area contributed by atoms with Crippen LogP contribution in [0.2, 0.25) is 10.4 Å². The van der Waals surface area contributed by atoms with Gasteiger partial charge in [0.2, 0.25) is 5.28 Å². The predicted octanol–water partition coefficient (Wildman–Crippen LogP) is 5.70. The molecule has 5 rings (SSSR count). The Hall–Kier alpha value is -1.26. The van der Waals surface area contributed by atoms with E-state index in [0.29, 0.717) is 11.2 Å². The van der Waals surface area contributed by atoms with Gasteiger partial charge in [-0.1, -0.05) is 11.6 Å². The van der Waals surface area contributed by atoms with Gasteiger partial charge in [0.25, 0.3) is 0 Å². The van der Waals surface area contributed by atoms with Crippen molar-refractivity contribution in [2.45, 2.75) is 84.2 Å². The second-order valence-corrected chi connectivity index (χ2v) is 12.4. The van der Waals surface area contributed by atoms with Crippen LogP contribution in [0.5, 0.6) is 0 Å². The van der Waals surface area contributed by atoms with Crippen LogP contribution in [0.15, 0.2) is 18.7 Å². The molecule has 0 N–H and O–H groups in total. The normalized spacial score (nSPS) is 31.6. The lowest BCUT2D eigenvalue weighted by Gasteiger charge is -2.24. The van der Waals surface area contributed by atoms with Gasteiger partial charge in [-0.3, -0.25) is 9.05 Å². The number of hydrogen-bond acceptors (Lipinski definition) is 9. The first kappa shape index (κ1) is 25.4. The molecule has 1 saturated heterocycles.